The van der Waals surface area contributed by atoms with Crippen molar-refractivity contribution in [3.8, 4) is 0 Å². The zero-order chi connectivity index (χ0) is 5.91. The number of aliphatic hydroxyl groups is 2. The van der Waals surface area contributed by atoms with Gasteiger partial charge < -0.3 is 14.9 Å². The maximum absolute atomic E-state index is 8.35. The first-order valence-corrected chi connectivity index (χ1v) is 2.15. The topological polar surface area (TPSA) is 49.7 Å². The Kier molecular flexibility index (Phi) is 2.22. The van der Waals surface area contributed by atoms with Gasteiger partial charge in [-0.2, -0.15) is 0 Å². The minimum absolute atomic E-state index is 0.309. The highest BCUT2D eigenvalue weighted by Crippen LogP contribution is 1.96. The third-order valence-electron chi connectivity index (χ3n) is 0.418. The average Bonchev–Trinajstić information content (AvgIpc) is 1.30. The van der Waals surface area contributed by atoms with Crippen LogP contribution in [0.2, 0.25) is 0 Å². The van der Waals surface area contributed by atoms with E-state index in [1.807, 2.05) is 0 Å². The lowest BCUT2D eigenvalue weighted by atomic mass is 10.6. The molecule has 0 aliphatic rings. The molecule has 0 aliphatic carbocycles. The summed E-state index contributed by atoms with van der Waals surface area (Å²) in [7, 11) is 0. The normalized spacial score (nSPS) is 12.0. The monoisotopic (exact) mass is 106 g/mol. The summed E-state index contributed by atoms with van der Waals surface area (Å²) < 4.78 is 4.34. The highest BCUT2D eigenvalue weighted by atomic mass is 16.8. The van der Waals surface area contributed by atoms with Crippen molar-refractivity contribution in [2.75, 3.05) is 6.61 Å². The van der Waals surface area contributed by atoms with Gasteiger partial charge in [0.2, 0.25) is 0 Å². The zero-order valence-electron chi connectivity index (χ0n) is 4.51. The number of ether oxygens (including phenoxy) is 1. The summed E-state index contributed by atoms with van der Waals surface area (Å²) >= 11 is 0. The minimum atomic E-state index is -1.95. The molecule has 0 unspecified atom stereocenters. The second-order valence-corrected chi connectivity index (χ2v) is 1.37. The smallest absolute Gasteiger partial charge is 0.274 e. The quantitative estimate of drug-likeness (QED) is 0.474. The van der Waals surface area contributed by atoms with E-state index in [4.69, 9.17) is 10.2 Å². The molecule has 0 amide bonds. The van der Waals surface area contributed by atoms with Gasteiger partial charge in [0.15, 0.2) is 0 Å². The molecule has 0 aromatic rings. The summed E-state index contributed by atoms with van der Waals surface area (Å²) in [5, 5.41) is 16.7. The van der Waals surface area contributed by atoms with E-state index in [2.05, 4.69) is 4.74 Å². The molecule has 7 heavy (non-hydrogen) atoms. The summed E-state index contributed by atoms with van der Waals surface area (Å²) in [6.07, 6.45) is 0. The number of hydrogen-bond donors (Lipinski definition) is 2. The van der Waals surface area contributed by atoms with Crippen molar-refractivity contribution in [3.63, 3.8) is 0 Å². The molecule has 0 saturated heterocycles. The van der Waals surface area contributed by atoms with E-state index in [-0.39, 0.29) is 0 Å². The average molecular weight is 106 g/mol. The molecule has 2 N–H and O–H groups in total. The van der Waals surface area contributed by atoms with Crippen LogP contribution in [0.25, 0.3) is 0 Å². The van der Waals surface area contributed by atoms with Crippen molar-refractivity contribution in [1.29, 1.82) is 0 Å². The second-order valence-electron chi connectivity index (χ2n) is 1.37. The Morgan fingerprint density at radius 1 is 1.57 bits per heavy atom. The fraction of sp³-hybridized carbons (Fsp3) is 1.00. The van der Waals surface area contributed by atoms with Gasteiger partial charge in [0.1, 0.15) is 0 Å². The molecular weight excluding hydrogens is 96.0 g/mol. The van der Waals surface area contributed by atoms with E-state index in [1.54, 1.807) is 6.92 Å². The predicted octanol–water partition coefficient (Wildman–Crippen LogP) is -0.319. The van der Waals surface area contributed by atoms with Crippen LogP contribution < -0.4 is 0 Å². The minimum Gasteiger partial charge on any atom is -0.344 e. The maximum Gasteiger partial charge on any atom is 0.274 e. The Labute approximate surface area is 42.5 Å². The molecule has 0 rings (SSSR count). The van der Waals surface area contributed by atoms with Crippen molar-refractivity contribution in [3.05, 3.63) is 0 Å². The van der Waals surface area contributed by atoms with Crippen LogP contribution in [0.5, 0.6) is 0 Å². The predicted molar refractivity (Wildman–Crippen MR) is 24.5 cm³/mol. The summed E-state index contributed by atoms with van der Waals surface area (Å²) in [5.41, 5.74) is 0. The Balaban J connectivity index is 3.15. The molecule has 0 aromatic carbocycles. The fourth-order valence-corrected chi connectivity index (χ4v) is 0.273. The van der Waals surface area contributed by atoms with Gasteiger partial charge in [-0.3, -0.25) is 0 Å². The molecule has 0 heterocycles. The molecule has 0 aromatic heterocycles. The van der Waals surface area contributed by atoms with E-state index < -0.39 is 5.97 Å². The van der Waals surface area contributed by atoms with Gasteiger partial charge in [-0.1, -0.05) is 0 Å². The lowest BCUT2D eigenvalue weighted by molar-refractivity contribution is -0.323. The molecule has 0 radical (unpaired) electrons. The fourth-order valence-electron chi connectivity index (χ4n) is 0.273. The van der Waals surface area contributed by atoms with Crippen LogP contribution in [0.4, 0.5) is 0 Å². The van der Waals surface area contributed by atoms with Crippen molar-refractivity contribution in [1.82, 2.24) is 0 Å². The van der Waals surface area contributed by atoms with Gasteiger partial charge >= 0.3 is 0 Å². The molecule has 0 atom stereocenters. The maximum atomic E-state index is 8.35. The van der Waals surface area contributed by atoms with Crippen LogP contribution in [-0.2, 0) is 4.74 Å². The largest absolute Gasteiger partial charge is 0.344 e. The molecule has 44 valence electrons. The van der Waals surface area contributed by atoms with Crippen LogP contribution in [0.3, 0.4) is 0 Å². The van der Waals surface area contributed by atoms with E-state index in [0.717, 1.165) is 6.92 Å². The van der Waals surface area contributed by atoms with Crippen LogP contribution in [-0.4, -0.2) is 22.8 Å². The molecule has 0 fully saturated rings. The summed E-state index contributed by atoms with van der Waals surface area (Å²) in [5.74, 6) is -1.95. The zero-order valence-corrected chi connectivity index (χ0v) is 4.51. The van der Waals surface area contributed by atoms with Crippen molar-refractivity contribution < 1.29 is 14.9 Å². The van der Waals surface area contributed by atoms with Gasteiger partial charge in [0.05, 0.1) is 0 Å². The van der Waals surface area contributed by atoms with E-state index in [9.17, 15) is 0 Å². The lowest BCUT2D eigenvalue weighted by Crippen LogP contribution is -2.26. The molecule has 3 heteroatoms. The van der Waals surface area contributed by atoms with E-state index in [0.29, 0.717) is 6.61 Å². The van der Waals surface area contributed by atoms with Crippen molar-refractivity contribution in [2.45, 2.75) is 19.8 Å². The summed E-state index contributed by atoms with van der Waals surface area (Å²) in [6, 6.07) is 0. The molecule has 0 aliphatic heterocycles. The van der Waals surface area contributed by atoms with Crippen LogP contribution >= 0.6 is 0 Å². The Morgan fingerprint density at radius 2 is 2.00 bits per heavy atom. The number of hydrogen-bond acceptors (Lipinski definition) is 3. The molecular formula is C4H10O3. The van der Waals surface area contributed by atoms with Gasteiger partial charge in [-0.25, -0.2) is 0 Å². The first-order valence-electron chi connectivity index (χ1n) is 2.15. The summed E-state index contributed by atoms with van der Waals surface area (Å²) in [6.45, 7) is 3.16. The highest BCUT2D eigenvalue weighted by Gasteiger charge is 2.12. The molecule has 3 nitrogen and oxygen atoms in total. The molecule has 0 spiro atoms. The Bertz CT molecular complexity index is 45.4. The van der Waals surface area contributed by atoms with Crippen LogP contribution in [0.15, 0.2) is 0 Å². The van der Waals surface area contributed by atoms with E-state index in [1.165, 1.54) is 0 Å². The van der Waals surface area contributed by atoms with Crippen LogP contribution in [0, 0.1) is 0 Å². The second kappa shape index (κ2) is 2.26. The first-order chi connectivity index (χ1) is 3.06. The van der Waals surface area contributed by atoms with Gasteiger partial charge in [0, 0.05) is 13.5 Å². The van der Waals surface area contributed by atoms with Crippen molar-refractivity contribution >= 4 is 0 Å². The van der Waals surface area contributed by atoms with Crippen LogP contribution in [0.1, 0.15) is 13.8 Å². The molecule has 0 bridgehead atoms. The third kappa shape index (κ3) is 5.88. The Hall–Kier alpha value is -0.120. The SMILES string of the molecule is CCOC(C)(O)O. The first kappa shape index (κ1) is 6.88. The third-order valence-corrected chi connectivity index (χ3v) is 0.418. The summed E-state index contributed by atoms with van der Waals surface area (Å²) in [4.78, 5) is 0. The van der Waals surface area contributed by atoms with Gasteiger partial charge in [0.25, 0.3) is 5.97 Å². The Morgan fingerprint density at radius 3 is 2.00 bits per heavy atom. The van der Waals surface area contributed by atoms with Crippen molar-refractivity contribution in [2.24, 2.45) is 0 Å². The van der Waals surface area contributed by atoms with E-state index >= 15 is 0 Å². The molecule has 0 saturated carbocycles. The van der Waals surface area contributed by atoms with Gasteiger partial charge in [-0.05, 0) is 6.92 Å². The van der Waals surface area contributed by atoms with Gasteiger partial charge in [-0.15, -0.1) is 0 Å². The highest BCUT2D eigenvalue weighted by molar-refractivity contribution is 4.31. The number of rotatable bonds is 2. The standard InChI is InChI=1S/C4H10O3/c1-3-7-4(2,5)6/h5-6H,3H2,1-2H3. The lowest BCUT2D eigenvalue weighted by Gasteiger charge is -2.13.